The van der Waals surface area contributed by atoms with Crippen LogP contribution in [-0.2, 0) is 0 Å². The third kappa shape index (κ3) is 2.65. The van der Waals surface area contributed by atoms with E-state index in [-0.39, 0.29) is 5.75 Å². The molecule has 0 radical (unpaired) electrons. The van der Waals surface area contributed by atoms with Crippen LogP contribution in [0, 0.1) is 0 Å². The van der Waals surface area contributed by atoms with Gasteiger partial charge in [0.1, 0.15) is 11.5 Å². The molecule has 0 aliphatic heterocycles. The zero-order chi connectivity index (χ0) is 13.8. The van der Waals surface area contributed by atoms with Crippen LogP contribution in [0.25, 0.3) is 11.3 Å². The van der Waals surface area contributed by atoms with Crippen LogP contribution >= 0.6 is 0 Å². The van der Waals surface area contributed by atoms with E-state index in [1.807, 2.05) is 6.07 Å². The summed E-state index contributed by atoms with van der Waals surface area (Å²) in [6, 6.07) is 6.90. The lowest BCUT2D eigenvalue weighted by Gasteiger charge is -2.15. The Hall–Kier alpha value is -2.17. The van der Waals surface area contributed by atoms with E-state index in [0.717, 1.165) is 18.9 Å². The van der Waals surface area contributed by atoms with Crippen molar-refractivity contribution in [3.05, 3.63) is 24.3 Å². The molecule has 0 fully saturated rings. The summed E-state index contributed by atoms with van der Waals surface area (Å²) in [7, 11) is 1.56. The molecule has 1 aromatic heterocycles. The van der Waals surface area contributed by atoms with Crippen molar-refractivity contribution in [1.29, 1.82) is 0 Å². The summed E-state index contributed by atoms with van der Waals surface area (Å²) >= 11 is 0. The van der Waals surface area contributed by atoms with Crippen LogP contribution in [0.15, 0.2) is 28.8 Å². The van der Waals surface area contributed by atoms with E-state index in [9.17, 15) is 5.11 Å². The van der Waals surface area contributed by atoms with Gasteiger partial charge in [0.05, 0.1) is 12.7 Å². The van der Waals surface area contributed by atoms with Crippen molar-refractivity contribution in [2.24, 2.45) is 0 Å². The molecule has 2 aromatic rings. The SMILES string of the molecule is CCN(CC)c1cc(-c2ccc(OC)cc2O)on1. The molecule has 0 atom stereocenters. The third-order valence-corrected chi connectivity index (χ3v) is 3.06. The van der Waals surface area contributed by atoms with E-state index in [4.69, 9.17) is 9.26 Å². The molecular weight excluding hydrogens is 244 g/mol. The number of hydrogen-bond donors (Lipinski definition) is 1. The molecule has 0 spiro atoms. The van der Waals surface area contributed by atoms with Crippen LogP contribution < -0.4 is 9.64 Å². The van der Waals surface area contributed by atoms with E-state index in [1.165, 1.54) is 0 Å². The number of aromatic hydroxyl groups is 1. The smallest absolute Gasteiger partial charge is 0.172 e. The molecule has 102 valence electrons. The number of phenolic OH excluding ortho intramolecular Hbond substituents is 1. The van der Waals surface area contributed by atoms with Gasteiger partial charge in [0.25, 0.3) is 0 Å². The maximum atomic E-state index is 9.96. The second kappa shape index (κ2) is 5.65. The molecule has 19 heavy (non-hydrogen) atoms. The van der Waals surface area contributed by atoms with Crippen LogP contribution in [0.3, 0.4) is 0 Å². The molecule has 2 rings (SSSR count). The number of methoxy groups -OCH3 is 1. The van der Waals surface area contributed by atoms with Gasteiger partial charge in [-0.2, -0.15) is 0 Å². The highest BCUT2D eigenvalue weighted by molar-refractivity contribution is 5.68. The summed E-state index contributed by atoms with van der Waals surface area (Å²) in [5, 5.41) is 14.0. The third-order valence-electron chi connectivity index (χ3n) is 3.06. The fourth-order valence-corrected chi connectivity index (χ4v) is 1.94. The molecule has 1 heterocycles. The van der Waals surface area contributed by atoms with Crippen LogP contribution in [-0.4, -0.2) is 30.5 Å². The van der Waals surface area contributed by atoms with Crippen molar-refractivity contribution >= 4 is 5.82 Å². The Balaban J connectivity index is 2.32. The van der Waals surface area contributed by atoms with E-state index < -0.39 is 0 Å². The number of ether oxygens (including phenoxy) is 1. The van der Waals surface area contributed by atoms with Gasteiger partial charge in [-0.05, 0) is 26.0 Å². The lowest BCUT2D eigenvalue weighted by Crippen LogP contribution is -2.21. The van der Waals surface area contributed by atoms with Gasteiger partial charge in [0.2, 0.25) is 0 Å². The highest BCUT2D eigenvalue weighted by Crippen LogP contribution is 2.34. The van der Waals surface area contributed by atoms with Crippen LogP contribution in [0.4, 0.5) is 5.82 Å². The predicted molar refractivity (Wildman–Crippen MR) is 73.7 cm³/mol. The maximum Gasteiger partial charge on any atom is 0.172 e. The van der Waals surface area contributed by atoms with Gasteiger partial charge < -0.3 is 19.3 Å². The lowest BCUT2D eigenvalue weighted by molar-refractivity contribution is 0.405. The van der Waals surface area contributed by atoms with E-state index in [2.05, 4.69) is 23.9 Å². The normalized spacial score (nSPS) is 10.5. The first-order valence-electron chi connectivity index (χ1n) is 6.28. The summed E-state index contributed by atoms with van der Waals surface area (Å²) in [5.74, 6) is 2.03. The van der Waals surface area contributed by atoms with Crippen molar-refractivity contribution in [1.82, 2.24) is 5.16 Å². The fourth-order valence-electron chi connectivity index (χ4n) is 1.94. The van der Waals surface area contributed by atoms with Gasteiger partial charge in [0.15, 0.2) is 11.6 Å². The molecule has 0 aliphatic rings. The zero-order valence-electron chi connectivity index (χ0n) is 11.4. The van der Waals surface area contributed by atoms with Gasteiger partial charge in [-0.3, -0.25) is 0 Å². The number of aromatic nitrogens is 1. The van der Waals surface area contributed by atoms with Crippen LogP contribution in [0.2, 0.25) is 0 Å². The Bertz CT molecular complexity index is 547. The first-order chi connectivity index (χ1) is 9.19. The number of nitrogens with zero attached hydrogens (tertiary/aromatic N) is 2. The van der Waals surface area contributed by atoms with Crippen molar-refractivity contribution in [3.8, 4) is 22.8 Å². The molecule has 0 aliphatic carbocycles. The standard InChI is InChI=1S/C14H18N2O3/c1-4-16(5-2)14-9-13(19-15-14)11-7-6-10(18-3)8-12(11)17/h6-9,17H,4-5H2,1-3H3. The van der Waals surface area contributed by atoms with E-state index in [1.54, 1.807) is 25.3 Å². The average molecular weight is 262 g/mol. The van der Waals surface area contributed by atoms with Gasteiger partial charge in [-0.1, -0.05) is 5.16 Å². The Morgan fingerprint density at radius 2 is 2.00 bits per heavy atom. The summed E-state index contributed by atoms with van der Waals surface area (Å²) in [6.07, 6.45) is 0. The van der Waals surface area contributed by atoms with Gasteiger partial charge in [-0.15, -0.1) is 0 Å². The van der Waals surface area contributed by atoms with Gasteiger partial charge >= 0.3 is 0 Å². The predicted octanol–water partition coefficient (Wildman–Crippen LogP) is 2.90. The minimum atomic E-state index is 0.113. The average Bonchev–Trinajstić information content (AvgIpc) is 2.89. The molecule has 0 saturated heterocycles. The minimum absolute atomic E-state index is 0.113. The van der Waals surface area contributed by atoms with Crippen molar-refractivity contribution in [2.45, 2.75) is 13.8 Å². The number of benzene rings is 1. The van der Waals surface area contributed by atoms with Gasteiger partial charge in [-0.25, -0.2) is 0 Å². The molecule has 1 aromatic carbocycles. The monoisotopic (exact) mass is 262 g/mol. The molecule has 0 amide bonds. The minimum Gasteiger partial charge on any atom is -0.507 e. The van der Waals surface area contributed by atoms with E-state index in [0.29, 0.717) is 17.1 Å². The summed E-state index contributed by atoms with van der Waals surface area (Å²) in [4.78, 5) is 2.08. The second-order valence-corrected chi connectivity index (χ2v) is 4.10. The molecular formula is C14H18N2O3. The molecule has 5 nitrogen and oxygen atoms in total. The summed E-state index contributed by atoms with van der Waals surface area (Å²) in [5.41, 5.74) is 0.603. The first-order valence-corrected chi connectivity index (χ1v) is 6.28. The van der Waals surface area contributed by atoms with Crippen LogP contribution in [0.1, 0.15) is 13.8 Å². The molecule has 0 bridgehead atoms. The Morgan fingerprint density at radius 3 is 2.58 bits per heavy atom. The highest BCUT2D eigenvalue weighted by atomic mass is 16.5. The van der Waals surface area contributed by atoms with Gasteiger partial charge in [0, 0.05) is 25.2 Å². The lowest BCUT2D eigenvalue weighted by atomic mass is 10.1. The summed E-state index contributed by atoms with van der Waals surface area (Å²) in [6.45, 7) is 5.83. The summed E-state index contributed by atoms with van der Waals surface area (Å²) < 4.78 is 10.3. The molecule has 5 heteroatoms. The molecule has 0 saturated carbocycles. The number of anilines is 1. The fraction of sp³-hybridized carbons (Fsp3) is 0.357. The van der Waals surface area contributed by atoms with Crippen molar-refractivity contribution in [3.63, 3.8) is 0 Å². The van der Waals surface area contributed by atoms with Crippen molar-refractivity contribution in [2.75, 3.05) is 25.1 Å². The number of hydrogen-bond acceptors (Lipinski definition) is 5. The maximum absolute atomic E-state index is 9.96. The van der Waals surface area contributed by atoms with Crippen LogP contribution in [0.5, 0.6) is 11.5 Å². The Kier molecular flexibility index (Phi) is 3.94. The van der Waals surface area contributed by atoms with E-state index >= 15 is 0 Å². The number of phenols is 1. The topological polar surface area (TPSA) is 58.7 Å². The Labute approximate surface area is 112 Å². The molecule has 0 unspecified atom stereocenters. The second-order valence-electron chi connectivity index (χ2n) is 4.10. The number of rotatable bonds is 5. The largest absolute Gasteiger partial charge is 0.507 e. The first kappa shape index (κ1) is 13.3. The van der Waals surface area contributed by atoms with Crippen molar-refractivity contribution < 1.29 is 14.4 Å². The Morgan fingerprint density at radius 1 is 1.26 bits per heavy atom. The highest BCUT2D eigenvalue weighted by Gasteiger charge is 2.14. The quantitative estimate of drug-likeness (QED) is 0.897. The zero-order valence-corrected chi connectivity index (χ0v) is 11.4. The molecule has 1 N–H and O–H groups in total.